The number of nitrogens with zero attached hydrogens (tertiary/aromatic N) is 6. The number of aromatic nitrogens is 5. The van der Waals surface area contributed by atoms with Crippen molar-refractivity contribution in [2.45, 2.75) is 65.5 Å². The van der Waals surface area contributed by atoms with E-state index in [-0.39, 0.29) is 12.0 Å². The van der Waals surface area contributed by atoms with Gasteiger partial charge in [-0.25, -0.2) is 9.18 Å². The van der Waals surface area contributed by atoms with Gasteiger partial charge >= 0.3 is 6.09 Å². The third-order valence-corrected chi connectivity index (χ3v) is 8.81. The van der Waals surface area contributed by atoms with Gasteiger partial charge in [0.15, 0.2) is 11.5 Å². The van der Waals surface area contributed by atoms with Crippen molar-refractivity contribution in [2.75, 3.05) is 35.6 Å². The zero-order valence-corrected chi connectivity index (χ0v) is 29.7. The minimum absolute atomic E-state index is 0.207. The Balaban J connectivity index is 1.21. The van der Waals surface area contributed by atoms with Gasteiger partial charge in [-0.15, -0.1) is 0 Å². The molecule has 4 heterocycles. The number of likely N-dealkylation sites (tertiary alicyclic amines) is 1. The lowest BCUT2D eigenvalue weighted by molar-refractivity contribution is -0.114. The molecule has 2 aromatic carbocycles. The van der Waals surface area contributed by atoms with Gasteiger partial charge in [-0.2, -0.15) is 19.6 Å². The Morgan fingerprint density at radius 1 is 1.06 bits per heavy atom. The summed E-state index contributed by atoms with van der Waals surface area (Å²) in [6, 6.07) is 15.2. The number of fused-ring (bicyclic) bond motifs is 2. The number of hydrogen-bond donors (Lipinski definition) is 3. The molecule has 0 atom stereocenters. The van der Waals surface area contributed by atoms with Crippen LogP contribution in [0.25, 0.3) is 27.7 Å². The summed E-state index contributed by atoms with van der Waals surface area (Å²) in [5, 5.41) is 15.8. The van der Waals surface area contributed by atoms with E-state index in [0.29, 0.717) is 49.7 Å². The zero-order valence-electron chi connectivity index (χ0n) is 29.7. The molecule has 0 spiro atoms. The second kappa shape index (κ2) is 14.7. The highest BCUT2D eigenvalue weighted by Crippen LogP contribution is 2.32. The number of amides is 2. The summed E-state index contributed by atoms with van der Waals surface area (Å²) in [7, 11) is 0. The molecule has 1 fully saturated rings. The Kier molecular flexibility index (Phi) is 10.2. The summed E-state index contributed by atoms with van der Waals surface area (Å²) in [6.07, 6.45) is 4.99. The molecular formula is C38H44FN9O3. The van der Waals surface area contributed by atoms with Crippen LogP contribution in [0.15, 0.2) is 73.3 Å². The molecule has 0 aliphatic carbocycles. The molecule has 2 amide bonds. The molecule has 13 heteroatoms. The van der Waals surface area contributed by atoms with Gasteiger partial charge in [-0.1, -0.05) is 50.8 Å². The fourth-order valence-electron chi connectivity index (χ4n) is 6.13. The molecule has 3 N–H and O–H groups in total. The minimum Gasteiger partial charge on any atom is -0.444 e. The second-order valence-electron chi connectivity index (χ2n) is 14.1. The maximum Gasteiger partial charge on any atom is 0.410 e. The quantitative estimate of drug-likeness (QED) is 0.127. The monoisotopic (exact) mass is 693 g/mol. The topological polar surface area (TPSA) is 139 Å². The second-order valence-corrected chi connectivity index (χ2v) is 14.1. The van der Waals surface area contributed by atoms with E-state index in [1.54, 1.807) is 27.7 Å². The number of ether oxygens (including phenoxy) is 1. The van der Waals surface area contributed by atoms with Gasteiger partial charge in [0.1, 0.15) is 5.60 Å². The van der Waals surface area contributed by atoms with E-state index in [1.165, 1.54) is 0 Å². The van der Waals surface area contributed by atoms with E-state index in [0.717, 1.165) is 51.6 Å². The number of hydrogen-bond acceptors (Lipinski definition) is 9. The molecule has 266 valence electrons. The van der Waals surface area contributed by atoms with Crippen molar-refractivity contribution in [3.8, 4) is 11.3 Å². The molecule has 0 bridgehead atoms. The van der Waals surface area contributed by atoms with Crippen LogP contribution in [0.3, 0.4) is 0 Å². The molecule has 6 rings (SSSR count). The molecular weight excluding hydrogens is 649 g/mol. The lowest BCUT2D eigenvalue weighted by Gasteiger charge is -2.33. The molecule has 5 aromatic rings. The Morgan fingerprint density at radius 3 is 2.55 bits per heavy atom. The average Bonchev–Trinajstić information content (AvgIpc) is 3.53. The zero-order chi connectivity index (χ0) is 36.3. The normalized spacial score (nSPS) is 13.8. The Labute approximate surface area is 296 Å². The Hall–Kier alpha value is -5.59. The first-order valence-corrected chi connectivity index (χ1v) is 17.2. The molecule has 12 nitrogen and oxygen atoms in total. The van der Waals surface area contributed by atoms with Crippen molar-refractivity contribution in [1.82, 2.24) is 29.5 Å². The number of carbonyl (C=O) groups excluding carboxylic acids is 2. The van der Waals surface area contributed by atoms with Crippen molar-refractivity contribution in [2.24, 2.45) is 5.92 Å². The number of benzene rings is 2. The third-order valence-electron chi connectivity index (χ3n) is 8.81. The maximum absolute atomic E-state index is 13.3. The number of halogens is 1. The van der Waals surface area contributed by atoms with Gasteiger partial charge < -0.3 is 25.6 Å². The third kappa shape index (κ3) is 8.25. The predicted octanol–water partition coefficient (Wildman–Crippen LogP) is 7.56. The van der Waals surface area contributed by atoms with Crippen LogP contribution >= 0.6 is 0 Å². The van der Waals surface area contributed by atoms with E-state index in [9.17, 15) is 14.0 Å². The summed E-state index contributed by atoms with van der Waals surface area (Å²) in [5.74, 6) is -0.322. The van der Waals surface area contributed by atoms with Gasteiger partial charge in [-0.3, -0.25) is 9.78 Å². The highest BCUT2D eigenvalue weighted by Gasteiger charge is 2.27. The van der Waals surface area contributed by atoms with Crippen LogP contribution in [-0.2, 0) is 16.1 Å². The van der Waals surface area contributed by atoms with Crippen LogP contribution in [0, 0.1) is 5.92 Å². The average molecular weight is 694 g/mol. The Bertz CT molecular complexity index is 2080. The summed E-state index contributed by atoms with van der Waals surface area (Å²) < 4.78 is 20.6. The van der Waals surface area contributed by atoms with E-state index in [2.05, 4.69) is 41.5 Å². The number of rotatable bonds is 10. The lowest BCUT2D eigenvalue weighted by atomic mass is 9.97. The van der Waals surface area contributed by atoms with Gasteiger partial charge in [0.25, 0.3) is 5.91 Å². The number of nitrogens with one attached hydrogen (secondary N) is 3. The molecule has 0 unspecified atom stereocenters. The van der Waals surface area contributed by atoms with Crippen LogP contribution in [0.1, 0.15) is 64.5 Å². The molecule has 0 radical (unpaired) electrons. The first-order chi connectivity index (χ1) is 24.4. The fraction of sp³-hybridized carbons (Fsp3) is 0.368. The summed E-state index contributed by atoms with van der Waals surface area (Å²) >= 11 is 0. The summed E-state index contributed by atoms with van der Waals surface area (Å²) in [6.45, 7) is 15.3. The first-order valence-electron chi connectivity index (χ1n) is 17.2. The van der Waals surface area contributed by atoms with Crippen LogP contribution in [0.4, 0.5) is 26.8 Å². The smallest absolute Gasteiger partial charge is 0.410 e. The molecule has 1 saturated heterocycles. The highest BCUT2D eigenvalue weighted by atomic mass is 19.1. The Morgan fingerprint density at radius 2 is 1.82 bits per heavy atom. The highest BCUT2D eigenvalue weighted by molar-refractivity contribution is 6.04. The predicted molar refractivity (Wildman–Crippen MR) is 197 cm³/mol. The SMILES string of the molecule is C=C(F)C(=O)Nc1ccc2c(-c3ccccc3CNc3nc(NCC4CCN(C(=O)OC(C)(C)C)CC4)nc4c(C(C)C)cnn34)nccc2c1. The number of piperidine rings is 1. The number of pyridine rings is 1. The van der Waals surface area contributed by atoms with E-state index >= 15 is 0 Å². The van der Waals surface area contributed by atoms with Crippen molar-refractivity contribution >= 4 is 46.0 Å². The molecule has 51 heavy (non-hydrogen) atoms. The van der Waals surface area contributed by atoms with Crippen LogP contribution in [0.5, 0.6) is 0 Å². The van der Waals surface area contributed by atoms with Crippen molar-refractivity contribution in [1.29, 1.82) is 0 Å². The summed E-state index contributed by atoms with van der Waals surface area (Å²) in [4.78, 5) is 40.6. The van der Waals surface area contributed by atoms with E-state index in [4.69, 9.17) is 19.7 Å². The van der Waals surface area contributed by atoms with E-state index < -0.39 is 17.3 Å². The largest absolute Gasteiger partial charge is 0.444 e. The molecule has 1 aliphatic heterocycles. The van der Waals surface area contributed by atoms with Crippen molar-refractivity contribution in [3.63, 3.8) is 0 Å². The lowest BCUT2D eigenvalue weighted by Crippen LogP contribution is -2.42. The van der Waals surface area contributed by atoms with Gasteiger partial charge in [0.05, 0.1) is 11.9 Å². The number of carbonyl (C=O) groups is 2. The molecule has 3 aromatic heterocycles. The molecule has 0 saturated carbocycles. The maximum atomic E-state index is 13.3. The van der Waals surface area contributed by atoms with Crippen molar-refractivity contribution in [3.05, 3.63) is 84.5 Å². The van der Waals surface area contributed by atoms with Gasteiger partial charge in [0.2, 0.25) is 11.9 Å². The first kappa shape index (κ1) is 35.2. The van der Waals surface area contributed by atoms with Crippen LogP contribution < -0.4 is 16.0 Å². The minimum atomic E-state index is -1.05. The fourth-order valence-corrected chi connectivity index (χ4v) is 6.13. The van der Waals surface area contributed by atoms with Crippen molar-refractivity contribution < 1.29 is 18.7 Å². The van der Waals surface area contributed by atoms with Crippen LogP contribution in [-0.4, -0.2) is 66.7 Å². The van der Waals surface area contributed by atoms with Gasteiger partial charge in [0, 0.05) is 54.6 Å². The van der Waals surface area contributed by atoms with Crippen LogP contribution in [0.2, 0.25) is 0 Å². The summed E-state index contributed by atoms with van der Waals surface area (Å²) in [5.41, 5.74) is 4.37. The molecule has 1 aliphatic rings. The van der Waals surface area contributed by atoms with Gasteiger partial charge in [-0.05, 0) is 74.6 Å². The standard InChI is InChI=1S/C38H44FN9O3/c1-23(2)31-22-43-48-33(31)45-35(41-20-25-14-17-47(18-15-25)37(50)51-38(4,5)6)46-36(48)42-21-27-9-7-8-10-29(27)32-30-12-11-28(44-34(49)24(3)39)19-26(30)13-16-40-32/h7-13,16,19,22-23,25H,3,14-15,17-18,20-21H2,1-2,4-6H3,(H,44,49)(H2,41,42,45,46). The number of anilines is 3. The van der Waals surface area contributed by atoms with E-state index in [1.807, 2.05) is 63.4 Å².